The fourth-order valence-corrected chi connectivity index (χ4v) is 3.47. The third-order valence-electron chi connectivity index (χ3n) is 5.31. The Hall–Kier alpha value is -3.80. The van der Waals surface area contributed by atoms with Gasteiger partial charge in [0.1, 0.15) is 11.9 Å². The highest BCUT2D eigenvalue weighted by Gasteiger charge is 2.32. The minimum Gasteiger partial charge on any atom is -0.350 e. The predicted octanol–water partition coefficient (Wildman–Crippen LogP) is 5.09. The van der Waals surface area contributed by atoms with Crippen LogP contribution in [0.15, 0.2) is 85.7 Å². The second kappa shape index (κ2) is 10.2. The molecule has 1 N–H and O–H groups in total. The molecule has 0 radical (unpaired) electrons. The fourth-order valence-electron chi connectivity index (χ4n) is 3.47. The first-order chi connectivity index (χ1) is 15.7. The van der Waals surface area contributed by atoms with E-state index in [4.69, 9.17) is 0 Å². The summed E-state index contributed by atoms with van der Waals surface area (Å²) in [5, 5.41) is 2.86. The predicted molar refractivity (Wildman–Crippen MR) is 128 cm³/mol. The van der Waals surface area contributed by atoms with Crippen molar-refractivity contribution in [2.75, 3.05) is 4.90 Å². The van der Waals surface area contributed by atoms with Crippen molar-refractivity contribution in [3.8, 4) is 0 Å². The Morgan fingerprint density at radius 2 is 1.76 bits per heavy atom. The van der Waals surface area contributed by atoms with Gasteiger partial charge in [0, 0.05) is 30.2 Å². The second-order valence-electron chi connectivity index (χ2n) is 8.74. The maximum absolute atomic E-state index is 13.4. The number of carbonyl (C=O) groups is 2. The van der Waals surface area contributed by atoms with Gasteiger partial charge in [0.15, 0.2) is 0 Å². The molecule has 2 amide bonds. The van der Waals surface area contributed by atoms with Crippen LogP contribution < -0.4 is 10.2 Å². The summed E-state index contributed by atoms with van der Waals surface area (Å²) in [7, 11) is 0. The number of nitrogens with one attached hydrogen (secondary N) is 1. The molecule has 1 unspecified atom stereocenters. The van der Waals surface area contributed by atoms with Crippen LogP contribution in [0.3, 0.4) is 0 Å². The number of anilines is 1. The van der Waals surface area contributed by atoms with Crippen molar-refractivity contribution in [3.63, 3.8) is 0 Å². The number of halogens is 1. The molecule has 0 saturated carbocycles. The van der Waals surface area contributed by atoms with Crippen molar-refractivity contribution in [1.82, 2.24) is 10.3 Å². The molecule has 3 aromatic rings. The summed E-state index contributed by atoms with van der Waals surface area (Å²) in [6.07, 6.45) is 4.36. The average molecular weight is 446 g/mol. The van der Waals surface area contributed by atoms with Crippen LogP contribution in [0.4, 0.5) is 10.1 Å². The van der Waals surface area contributed by atoms with Gasteiger partial charge in [0.25, 0.3) is 5.91 Å². The van der Waals surface area contributed by atoms with Crippen molar-refractivity contribution < 1.29 is 14.0 Å². The summed E-state index contributed by atoms with van der Waals surface area (Å²) < 4.78 is 13.2. The van der Waals surface area contributed by atoms with Crippen LogP contribution in [0, 0.1) is 5.82 Å². The molecule has 1 heterocycles. The zero-order valence-corrected chi connectivity index (χ0v) is 19.1. The largest absolute Gasteiger partial charge is 0.350 e. The van der Waals surface area contributed by atoms with E-state index in [1.54, 1.807) is 36.7 Å². The van der Waals surface area contributed by atoms with Gasteiger partial charge in [-0.1, -0.05) is 57.7 Å². The van der Waals surface area contributed by atoms with Gasteiger partial charge in [-0.3, -0.25) is 19.5 Å². The van der Waals surface area contributed by atoms with Crippen molar-refractivity contribution in [2.45, 2.75) is 38.8 Å². The molecule has 170 valence electrons. The highest BCUT2D eigenvalue weighted by Crippen LogP contribution is 2.30. The molecule has 6 heteroatoms. The second-order valence-corrected chi connectivity index (χ2v) is 8.74. The molecule has 3 rings (SSSR count). The molecule has 0 aliphatic heterocycles. The van der Waals surface area contributed by atoms with E-state index in [0.29, 0.717) is 11.3 Å². The van der Waals surface area contributed by atoms with Gasteiger partial charge in [0.2, 0.25) is 5.91 Å². The summed E-state index contributed by atoms with van der Waals surface area (Å²) in [5.41, 5.74) is 2.92. The van der Waals surface area contributed by atoms with E-state index in [1.165, 1.54) is 23.1 Å². The van der Waals surface area contributed by atoms with Gasteiger partial charge in [-0.25, -0.2) is 4.39 Å². The Labute approximate surface area is 194 Å². The first kappa shape index (κ1) is 23.9. The Morgan fingerprint density at radius 1 is 1.09 bits per heavy atom. The molecule has 0 spiro atoms. The van der Waals surface area contributed by atoms with Gasteiger partial charge in [-0.15, -0.1) is 0 Å². The van der Waals surface area contributed by atoms with Gasteiger partial charge >= 0.3 is 0 Å². The first-order valence-corrected chi connectivity index (χ1v) is 10.7. The standard InChI is InChI=1S/C27H28FN3O2/c1-5-24(32)31(23-14-10-21(11-15-23)27(2,3)4)25(20-7-6-16-29-18-20)26(33)30-17-19-8-12-22(28)13-9-19/h5-16,18,25H,1,17H2,2-4H3,(H,30,33). The van der Waals surface area contributed by atoms with Crippen LogP contribution in [-0.4, -0.2) is 16.8 Å². The van der Waals surface area contributed by atoms with Crippen LogP contribution in [0.5, 0.6) is 0 Å². The molecule has 1 atom stereocenters. The normalized spacial score (nSPS) is 12.0. The van der Waals surface area contributed by atoms with Crippen molar-refractivity contribution in [1.29, 1.82) is 0 Å². The number of aromatic nitrogens is 1. The summed E-state index contributed by atoms with van der Waals surface area (Å²) in [6.45, 7) is 10.1. The Bertz CT molecular complexity index is 1100. The molecule has 0 aliphatic rings. The third-order valence-corrected chi connectivity index (χ3v) is 5.31. The van der Waals surface area contributed by atoms with Crippen molar-refractivity contribution in [3.05, 3.63) is 108 Å². The summed E-state index contributed by atoms with van der Waals surface area (Å²) in [4.78, 5) is 31.9. The molecule has 5 nitrogen and oxygen atoms in total. The Balaban J connectivity index is 1.98. The molecule has 1 aromatic heterocycles. The van der Waals surface area contributed by atoms with Gasteiger partial charge in [-0.2, -0.15) is 0 Å². The minimum atomic E-state index is -0.967. The van der Waals surface area contributed by atoms with Crippen LogP contribution >= 0.6 is 0 Å². The zero-order chi connectivity index (χ0) is 24.0. The monoisotopic (exact) mass is 445 g/mol. The lowest BCUT2D eigenvalue weighted by molar-refractivity contribution is -0.125. The summed E-state index contributed by atoms with van der Waals surface area (Å²) >= 11 is 0. The molecule has 0 bridgehead atoms. The third kappa shape index (κ3) is 5.92. The first-order valence-electron chi connectivity index (χ1n) is 10.7. The van der Waals surface area contributed by atoms with E-state index >= 15 is 0 Å². The Morgan fingerprint density at radius 3 is 2.30 bits per heavy atom. The van der Waals surface area contributed by atoms with E-state index in [0.717, 1.165) is 11.1 Å². The molecular weight excluding hydrogens is 417 g/mol. The lowest BCUT2D eigenvalue weighted by atomic mass is 9.87. The Kier molecular flexibility index (Phi) is 7.38. The maximum atomic E-state index is 13.4. The lowest BCUT2D eigenvalue weighted by Gasteiger charge is -2.31. The van der Waals surface area contributed by atoms with Crippen LogP contribution in [0.2, 0.25) is 0 Å². The number of hydrogen-bond donors (Lipinski definition) is 1. The number of pyridine rings is 1. The number of nitrogens with zero attached hydrogens (tertiary/aromatic N) is 2. The van der Waals surface area contributed by atoms with E-state index < -0.39 is 11.9 Å². The smallest absolute Gasteiger partial charge is 0.251 e. The highest BCUT2D eigenvalue weighted by atomic mass is 19.1. The molecule has 0 aliphatic carbocycles. The van der Waals surface area contributed by atoms with Gasteiger partial charge < -0.3 is 5.32 Å². The van der Waals surface area contributed by atoms with Gasteiger partial charge in [-0.05, 0) is 52.9 Å². The van der Waals surface area contributed by atoms with Crippen LogP contribution in [-0.2, 0) is 21.5 Å². The fraction of sp³-hybridized carbons (Fsp3) is 0.222. The van der Waals surface area contributed by atoms with Crippen molar-refractivity contribution in [2.24, 2.45) is 0 Å². The maximum Gasteiger partial charge on any atom is 0.251 e. The SMILES string of the molecule is C=CC(=O)N(c1ccc(C(C)(C)C)cc1)C(C(=O)NCc1ccc(F)cc1)c1cccnc1. The number of benzene rings is 2. The number of carbonyl (C=O) groups excluding carboxylic acids is 2. The molecule has 2 aromatic carbocycles. The van der Waals surface area contributed by atoms with E-state index in [9.17, 15) is 14.0 Å². The minimum absolute atomic E-state index is 0.0545. The number of hydrogen-bond acceptors (Lipinski definition) is 3. The van der Waals surface area contributed by atoms with E-state index in [2.05, 4.69) is 37.7 Å². The quantitative estimate of drug-likeness (QED) is 0.515. The highest BCUT2D eigenvalue weighted by molar-refractivity contribution is 6.06. The number of rotatable bonds is 7. The van der Waals surface area contributed by atoms with Crippen LogP contribution in [0.1, 0.15) is 43.5 Å². The average Bonchev–Trinajstić information content (AvgIpc) is 2.81. The van der Waals surface area contributed by atoms with Crippen LogP contribution in [0.25, 0.3) is 0 Å². The molecule has 0 fully saturated rings. The van der Waals surface area contributed by atoms with Gasteiger partial charge in [0.05, 0.1) is 0 Å². The summed E-state index contributed by atoms with van der Waals surface area (Å²) in [5.74, 6) is -1.15. The molecular formula is C27H28FN3O2. The van der Waals surface area contributed by atoms with E-state index in [-0.39, 0.29) is 23.7 Å². The topological polar surface area (TPSA) is 62.3 Å². The zero-order valence-electron chi connectivity index (χ0n) is 19.1. The summed E-state index contributed by atoms with van der Waals surface area (Å²) in [6, 6.07) is 16.0. The lowest BCUT2D eigenvalue weighted by Crippen LogP contribution is -2.43. The number of amides is 2. The molecule has 33 heavy (non-hydrogen) atoms. The van der Waals surface area contributed by atoms with E-state index in [1.807, 2.05) is 24.3 Å². The van der Waals surface area contributed by atoms with Crippen molar-refractivity contribution >= 4 is 17.5 Å². The molecule has 0 saturated heterocycles.